The first-order valence-corrected chi connectivity index (χ1v) is 22.9. The molecule has 5 aliphatic heterocycles. The fourth-order valence-corrected chi connectivity index (χ4v) is 10.6. The molecular weight excluding hydrogens is 836 g/mol. The Hall–Kier alpha value is -5.74. The van der Waals surface area contributed by atoms with Gasteiger partial charge in [-0.2, -0.15) is 4.98 Å². The molecule has 7 heterocycles. The van der Waals surface area contributed by atoms with Crippen molar-refractivity contribution >= 4 is 69.3 Å². The molecule has 3 N–H and O–H groups in total. The maximum atomic E-state index is 13.3. The van der Waals surface area contributed by atoms with Crippen molar-refractivity contribution in [3.8, 4) is 5.75 Å². The maximum Gasteiger partial charge on any atom is 0.293 e. The van der Waals surface area contributed by atoms with E-state index in [0.717, 1.165) is 92.8 Å². The number of carbonyl (C=O) groups excluding carboxylic acids is 4. The van der Waals surface area contributed by atoms with E-state index in [1.54, 1.807) is 21.7 Å². The summed E-state index contributed by atoms with van der Waals surface area (Å²) < 4.78 is 7.30. The van der Waals surface area contributed by atoms with Crippen molar-refractivity contribution < 1.29 is 23.9 Å². The number of imide groups is 1. The Morgan fingerprint density at radius 2 is 1.73 bits per heavy atom. The van der Waals surface area contributed by atoms with Crippen molar-refractivity contribution in [3.05, 3.63) is 75.2 Å². The lowest BCUT2D eigenvalue weighted by Crippen LogP contribution is -2.68. The maximum absolute atomic E-state index is 13.3. The molecule has 4 amide bonds. The molecule has 17 heteroatoms. The van der Waals surface area contributed by atoms with Gasteiger partial charge >= 0.3 is 0 Å². The standard InChI is InChI=1S/C47H57ClN10O6/c1-28(2)58-36-9-6-32(20-29(36)22-38(44(58)63)64-25-40(60)49-5)51-41-35(48)23-50-45(53-41)55-16-12-31(13-17-55)46(3,4)56-26-47(27-56)14-18-54(19-15-47)33-7-8-34-30(21-33)24-57(43(34)62)37-10-11-39(59)52-42(37)61/h6-9,20-23,28,31,37H,10-19,24-27H2,1-5H3,(H,49,60)(H,50,51,53)(H,52,59,61). The highest BCUT2D eigenvalue weighted by Gasteiger charge is 2.51. The molecular formula is C47H57ClN10O6. The van der Waals surface area contributed by atoms with Gasteiger partial charge in [0.15, 0.2) is 18.2 Å². The van der Waals surface area contributed by atoms with Crippen molar-refractivity contribution in [3.63, 3.8) is 0 Å². The quantitative estimate of drug-likeness (QED) is 0.167. The van der Waals surface area contributed by atoms with Gasteiger partial charge < -0.3 is 34.6 Å². The molecule has 5 aliphatic rings. The van der Waals surface area contributed by atoms with Gasteiger partial charge in [0, 0.05) is 93.2 Å². The van der Waals surface area contributed by atoms with E-state index in [-0.39, 0.29) is 59.5 Å². The Morgan fingerprint density at radius 1 is 0.984 bits per heavy atom. The lowest BCUT2D eigenvalue weighted by atomic mass is 9.67. The van der Waals surface area contributed by atoms with Gasteiger partial charge in [-0.25, -0.2) is 4.98 Å². The fraction of sp³-hybridized carbons (Fsp3) is 0.511. The molecule has 338 valence electrons. The summed E-state index contributed by atoms with van der Waals surface area (Å²) in [5, 5.41) is 9.42. The number of likely N-dealkylation sites (tertiary alicyclic amines) is 1. The molecule has 2 aromatic heterocycles. The molecule has 4 aromatic rings. The van der Waals surface area contributed by atoms with Crippen LogP contribution in [0, 0.1) is 11.3 Å². The molecule has 0 saturated carbocycles. The van der Waals surface area contributed by atoms with Gasteiger partial charge in [-0.05, 0) is 119 Å². The number of ether oxygens (including phenoxy) is 1. The summed E-state index contributed by atoms with van der Waals surface area (Å²) in [6.45, 7) is 14.6. The SMILES string of the molecule is CNC(=O)COc1cc2cc(Nc3nc(N4CCC(C(C)(C)N5CC6(CCN(c7ccc8c(c7)CN(C7CCC(=O)NC7=O)C8=O)CC6)C5)CC4)ncc3Cl)ccc2n(C(C)C)c1=O. The monoisotopic (exact) mass is 892 g/mol. The van der Waals surface area contributed by atoms with Crippen molar-refractivity contribution in [2.24, 2.45) is 11.3 Å². The number of hydrogen-bond acceptors (Lipinski definition) is 12. The Labute approximate surface area is 377 Å². The molecule has 16 nitrogen and oxygen atoms in total. The minimum Gasteiger partial charge on any atom is -0.478 e. The Morgan fingerprint density at radius 3 is 2.44 bits per heavy atom. The molecule has 1 unspecified atom stereocenters. The van der Waals surface area contributed by atoms with E-state index in [2.05, 4.69) is 55.5 Å². The van der Waals surface area contributed by atoms with Crippen LogP contribution in [0.2, 0.25) is 5.02 Å². The van der Waals surface area contributed by atoms with Crippen LogP contribution >= 0.6 is 11.6 Å². The van der Waals surface area contributed by atoms with Crippen molar-refractivity contribution in [1.82, 2.24) is 35.0 Å². The van der Waals surface area contributed by atoms with Crippen LogP contribution in [-0.4, -0.2) is 112 Å². The Kier molecular flexibility index (Phi) is 11.6. The molecule has 1 atom stereocenters. The predicted molar refractivity (Wildman–Crippen MR) is 245 cm³/mol. The number of benzene rings is 2. The van der Waals surface area contributed by atoms with E-state index in [1.165, 1.54) is 7.05 Å². The van der Waals surface area contributed by atoms with Gasteiger partial charge in [-0.1, -0.05) is 11.6 Å². The number of hydrogen-bond donors (Lipinski definition) is 3. The molecule has 9 rings (SSSR count). The average Bonchev–Trinajstić information content (AvgIpc) is 3.60. The Bertz CT molecular complexity index is 2570. The van der Waals surface area contributed by atoms with Crippen LogP contribution in [0.1, 0.15) is 88.2 Å². The number of fused-ring (bicyclic) bond motifs is 2. The summed E-state index contributed by atoms with van der Waals surface area (Å²) in [5.74, 6) is 0.598. The van der Waals surface area contributed by atoms with E-state index in [9.17, 15) is 24.0 Å². The van der Waals surface area contributed by atoms with Crippen LogP contribution < -0.4 is 36.0 Å². The van der Waals surface area contributed by atoms with E-state index in [4.69, 9.17) is 21.3 Å². The molecule has 64 heavy (non-hydrogen) atoms. The summed E-state index contributed by atoms with van der Waals surface area (Å²) in [6.07, 6.45) is 6.52. The highest BCUT2D eigenvalue weighted by atomic mass is 35.5. The number of anilines is 4. The van der Waals surface area contributed by atoms with Crippen LogP contribution in [0.5, 0.6) is 5.75 Å². The normalized spacial score (nSPS) is 20.5. The second kappa shape index (κ2) is 17.0. The van der Waals surface area contributed by atoms with Crippen molar-refractivity contribution in [2.75, 3.05) is 68.0 Å². The third kappa shape index (κ3) is 8.14. The van der Waals surface area contributed by atoms with E-state index in [1.807, 2.05) is 44.2 Å². The third-order valence-corrected chi connectivity index (χ3v) is 14.8. The van der Waals surface area contributed by atoms with E-state index >= 15 is 0 Å². The van der Waals surface area contributed by atoms with Crippen molar-refractivity contribution in [1.29, 1.82) is 0 Å². The highest BCUT2D eigenvalue weighted by molar-refractivity contribution is 6.33. The van der Waals surface area contributed by atoms with Gasteiger partial charge in [0.2, 0.25) is 17.8 Å². The first kappa shape index (κ1) is 43.5. The molecule has 0 aliphatic carbocycles. The van der Waals surface area contributed by atoms with E-state index < -0.39 is 6.04 Å². The molecule has 0 bridgehead atoms. The minimum atomic E-state index is -0.608. The van der Waals surface area contributed by atoms with Crippen LogP contribution in [-0.2, 0) is 20.9 Å². The smallest absolute Gasteiger partial charge is 0.293 e. The van der Waals surface area contributed by atoms with Crippen LogP contribution in [0.15, 0.2) is 53.5 Å². The number of carbonyl (C=O) groups is 4. The summed E-state index contributed by atoms with van der Waals surface area (Å²) in [6, 6.07) is 12.7. The first-order chi connectivity index (χ1) is 30.6. The van der Waals surface area contributed by atoms with Gasteiger partial charge in [-0.15, -0.1) is 0 Å². The zero-order chi connectivity index (χ0) is 45.1. The molecule has 0 radical (unpaired) electrons. The number of aromatic nitrogens is 3. The zero-order valence-corrected chi connectivity index (χ0v) is 38.0. The van der Waals surface area contributed by atoms with Crippen LogP contribution in [0.25, 0.3) is 10.9 Å². The number of piperidine rings is 3. The Balaban J connectivity index is 0.787. The summed E-state index contributed by atoms with van der Waals surface area (Å²) >= 11 is 6.65. The summed E-state index contributed by atoms with van der Waals surface area (Å²) in [5.41, 5.74) is 4.24. The number of amides is 4. The summed E-state index contributed by atoms with van der Waals surface area (Å²) in [7, 11) is 1.52. The van der Waals surface area contributed by atoms with E-state index in [0.29, 0.717) is 46.7 Å². The molecule has 4 saturated heterocycles. The minimum absolute atomic E-state index is 0.0486. The average molecular weight is 893 g/mol. The van der Waals surface area contributed by atoms with Gasteiger partial charge in [0.25, 0.3) is 17.4 Å². The lowest BCUT2D eigenvalue weighted by Gasteiger charge is -2.61. The number of pyridine rings is 1. The fourth-order valence-electron chi connectivity index (χ4n) is 10.5. The number of halogens is 1. The van der Waals surface area contributed by atoms with Crippen LogP contribution in [0.3, 0.4) is 0 Å². The van der Waals surface area contributed by atoms with Gasteiger partial charge in [-0.3, -0.25) is 34.2 Å². The second-order valence-electron chi connectivity index (χ2n) is 19.0. The number of likely N-dealkylation sites (N-methyl/N-ethyl adjacent to an activating group) is 1. The lowest BCUT2D eigenvalue weighted by molar-refractivity contribution is -0.137. The molecule has 1 spiro atoms. The van der Waals surface area contributed by atoms with Gasteiger partial charge in [0.05, 0.1) is 11.7 Å². The predicted octanol–water partition coefficient (Wildman–Crippen LogP) is 5.25. The number of nitrogens with zero attached hydrogens (tertiary/aromatic N) is 7. The third-order valence-electron chi connectivity index (χ3n) is 14.5. The van der Waals surface area contributed by atoms with Gasteiger partial charge in [0.1, 0.15) is 11.1 Å². The number of rotatable bonds is 11. The number of nitrogens with one attached hydrogen (secondary N) is 3. The molecule has 4 fully saturated rings. The second-order valence-corrected chi connectivity index (χ2v) is 19.4. The largest absolute Gasteiger partial charge is 0.478 e. The molecule has 2 aromatic carbocycles. The topological polar surface area (TPSA) is 174 Å². The zero-order valence-electron chi connectivity index (χ0n) is 37.2. The first-order valence-electron chi connectivity index (χ1n) is 22.5. The van der Waals surface area contributed by atoms with Crippen molar-refractivity contribution in [2.45, 2.75) is 90.4 Å². The summed E-state index contributed by atoms with van der Waals surface area (Å²) in [4.78, 5) is 81.1. The van der Waals surface area contributed by atoms with Crippen LogP contribution in [0.4, 0.5) is 23.1 Å². The highest BCUT2D eigenvalue weighted by Crippen LogP contribution is 2.47.